The van der Waals surface area contributed by atoms with E-state index in [1.54, 1.807) is 43.3 Å². The van der Waals surface area contributed by atoms with Gasteiger partial charge in [0.1, 0.15) is 23.3 Å². The summed E-state index contributed by atoms with van der Waals surface area (Å²) >= 11 is 12.2. The number of benzene rings is 2. The molecule has 2 aromatic rings. The summed E-state index contributed by atoms with van der Waals surface area (Å²) < 4.78 is 16.3. The molecule has 2 aromatic carbocycles. The first-order chi connectivity index (χ1) is 16.8. The molecule has 1 unspecified atom stereocenters. The van der Waals surface area contributed by atoms with Crippen molar-refractivity contribution in [3.63, 3.8) is 0 Å². The van der Waals surface area contributed by atoms with E-state index in [9.17, 15) is 9.59 Å². The van der Waals surface area contributed by atoms with Crippen LogP contribution in [0.5, 0.6) is 17.2 Å². The summed E-state index contributed by atoms with van der Waals surface area (Å²) in [5, 5.41) is 3.92. The van der Waals surface area contributed by atoms with Gasteiger partial charge in [-0.25, -0.2) is 0 Å². The minimum absolute atomic E-state index is 0.140. The van der Waals surface area contributed by atoms with Gasteiger partial charge in [0.25, 0.3) is 5.91 Å². The van der Waals surface area contributed by atoms with Crippen LogP contribution in [0.2, 0.25) is 10.0 Å². The van der Waals surface area contributed by atoms with Gasteiger partial charge in [-0.05, 0) is 37.5 Å². The first-order valence-electron chi connectivity index (χ1n) is 11.7. The quantitative estimate of drug-likeness (QED) is 0.460. The summed E-state index contributed by atoms with van der Waals surface area (Å²) in [6.45, 7) is 1.64. The zero-order valence-corrected chi connectivity index (χ0v) is 21.8. The van der Waals surface area contributed by atoms with Gasteiger partial charge in [0.2, 0.25) is 5.91 Å². The van der Waals surface area contributed by atoms with E-state index in [1.165, 1.54) is 25.5 Å². The fourth-order valence-electron chi connectivity index (χ4n) is 4.08. The molecule has 9 heteroatoms. The summed E-state index contributed by atoms with van der Waals surface area (Å²) in [4.78, 5) is 27.9. The molecule has 1 fully saturated rings. The molecule has 3 rings (SSSR count). The number of rotatable bonds is 10. The number of methoxy groups -OCH3 is 2. The first-order valence-corrected chi connectivity index (χ1v) is 12.5. The lowest BCUT2D eigenvalue weighted by Gasteiger charge is -2.31. The molecule has 1 N–H and O–H groups in total. The maximum atomic E-state index is 13.3. The van der Waals surface area contributed by atoms with Gasteiger partial charge in [0.15, 0.2) is 6.61 Å². The van der Waals surface area contributed by atoms with Crippen molar-refractivity contribution in [2.75, 3.05) is 20.8 Å². The van der Waals surface area contributed by atoms with Crippen molar-refractivity contribution in [3.8, 4) is 17.2 Å². The van der Waals surface area contributed by atoms with Gasteiger partial charge in [-0.1, -0.05) is 48.5 Å². The highest BCUT2D eigenvalue weighted by atomic mass is 35.5. The third kappa shape index (κ3) is 7.67. The van der Waals surface area contributed by atoms with Gasteiger partial charge >= 0.3 is 0 Å². The topological polar surface area (TPSA) is 77.1 Å². The number of nitrogens with one attached hydrogen (secondary N) is 1. The highest BCUT2D eigenvalue weighted by Crippen LogP contribution is 2.28. The second-order valence-electron chi connectivity index (χ2n) is 8.63. The number of carbonyl (C=O) groups is 2. The van der Waals surface area contributed by atoms with Crippen LogP contribution in [0.1, 0.15) is 44.6 Å². The number of ether oxygens (including phenoxy) is 3. The van der Waals surface area contributed by atoms with Crippen molar-refractivity contribution in [2.24, 2.45) is 0 Å². The summed E-state index contributed by atoms with van der Waals surface area (Å²) in [6, 6.07) is 9.63. The van der Waals surface area contributed by atoms with E-state index < -0.39 is 6.04 Å². The Kier molecular flexibility index (Phi) is 9.93. The van der Waals surface area contributed by atoms with E-state index in [4.69, 9.17) is 37.4 Å². The normalized spacial score (nSPS) is 14.7. The van der Waals surface area contributed by atoms with Crippen molar-refractivity contribution in [1.82, 2.24) is 10.2 Å². The Morgan fingerprint density at radius 2 is 1.60 bits per heavy atom. The predicted molar refractivity (Wildman–Crippen MR) is 137 cm³/mol. The number of halogens is 2. The Labute approximate surface area is 216 Å². The van der Waals surface area contributed by atoms with Crippen LogP contribution in [0.25, 0.3) is 0 Å². The molecule has 0 aliphatic heterocycles. The van der Waals surface area contributed by atoms with Crippen LogP contribution in [0.15, 0.2) is 36.4 Å². The van der Waals surface area contributed by atoms with Crippen molar-refractivity contribution in [2.45, 2.75) is 57.7 Å². The van der Waals surface area contributed by atoms with E-state index >= 15 is 0 Å². The predicted octanol–water partition coefficient (Wildman–Crippen LogP) is 5.26. The van der Waals surface area contributed by atoms with Crippen LogP contribution in [0.3, 0.4) is 0 Å². The van der Waals surface area contributed by atoms with Crippen LogP contribution in [-0.2, 0) is 16.1 Å². The largest absolute Gasteiger partial charge is 0.496 e. The van der Waals surface area contributed by atoms with Crippen LogP contribution in [0, 0.1) is 0 Å². The Morgan fingerprint density at radius 1 is 0.971 bits per heavy atom. The molecule has 1 saturated carbocycles. The molecule has 1 aliphatic carbocycles. The van der Waals surface area contributed by atoms with Gasteiger partial charge in [-0.3, -0.25) is 9.59 Å². The maximum absolute atomic E-state index is 13.3. The van der Waals surface area contributed by atoms with Gasteiger partial charge in [-0.15, -0.1) is 0 Å². The minimum Gasteiger partial charge on any atom is -0.496 e. The Bertz CT molecular complexity index is 1000. The maximum Gasteiger partial charge on any atom is 0.261 e. The zero-order valence-electron chi connectivity index (χ0n) is 20.3. The summed E-state index contributed by atoms with van der Waals surface area (Å²) in [7, 11) is 3.07. The third-order valence-corrected chi connectivity index (χ3v) is 6.88. The van der Waals surface area contributed by atoms with Crippen LogP contribution in [-0.4, -0.2) is 49.6 Å². The molecule has 0 saturated heterocycles. The fraction of sp³-hybridized carbons (Fsp3) is 0.462. The van der Waals surface area contributed by atoms with E-state index in [0.717, 1.165) is 31.2 Å². The Balaban J connectivity index is 1.76. The average molecular weight is 523 g/mol. The van der Waals surface area contributed by atoms with Crippen molar-refractivity contribution in [1.29, 1.82) is 0 Å². The van der Waals surface area contributed by atoms with Crippen LogP contribution >= 0.6 is 23.2 Å². The van der Waals surface area contributed by atoms with Crippen molar-refractivity contribution < 1.29 is 23.8 Å². The lowest BCUT2D eigenvalue weighted by atomic mass is 9.95. The number of hydrogen-bond acceptors (Lipinski definition) is 5. The third-order valence-electron chi connectivity index (χ3n) is 6.14. The van der Waals surface area contributed by atoms with E-state index in [0.29, 0.717) is 27.3 Å². The van der Waals surface area contributed by atoms with Gasteiger partial charge in [-0.2, -0.15) is 0 Å². The lowest BCUT2D eigenvalue weighted by Crippen LogP contribution is -2.51. The molecule has 0 aromatic heterocycles. The van der Waals surface area contributed by atoms with E-state index in [2.05, 4.69) is 5.32 Å². The molecule has 0 spiro atoms. The second kappa shape index (κ2) is 12.9. The number of amides is 2. The summed E-state index contributed by atoms with van der Waals surface area (Å²) in [5.74, 6) is 0.972. The summed E-state index contributed by atoms with van der Waals surface area (Å²) in [6.07, 6.45) is 5.31. The molecule has 1 aliphatic rings. The summed E-state index contributed by atoms with van der Waals surface area (Å²) in [5.41, 5.74) is 0.758. The highest BCUT2D eigenvalue weighted by molar-refractivity contribution is 6.42. The molecule has 7 nitrogen and oxygen atoms in total. The zero-order chi connectivity index (χ0) is 25.4. The monoisotopic (exact) mass is 522 g/mol. The number of nitrogens with zero attached hydrogens (tertiary/aromatic N) is 1. The highest BCUT2D eigenvalue weighted by Gasteiger charge is 2.28. The standard InChI is InChI=1S/C26H32Cl2N2O5/c1-17(26(32)29-19-7-5-4-6-8-19)30(15-18-9-10-23(27)24(28)11-18)25(31)16-35-22-13-20(33-2)12-21(14-22)34-3/h9-14,17,19H,4-8,15-16H2,1-3H3,(H,29,32). The molecular formula is C26H32Cl2N2O5. The van der Waals surface area contributed by atoms with E-state index in [1.807, 2.05) is 0 Å². The fourth-order valence-corrected chi connectivity index (χ4v) is 4.40. The van der Waals surface area contributed by atoms with Gasteiger partial charge < -0.3 is 24.4 Å². The van der Waals surface area contributed by atoms with E-state index in [-0.39, 0.29) is 31.0 Å². The van der Waals surface area contributed by atoms with Gasteiger partial charge in [0, 0.05) is 30.8 Å². The Morgan fingerprint density at radius 3 is 2.20 bits per heavy atom. The lowest BCUT2D eigenvalue weighted by molar-refractivity contribution is -0.142. The number of carbonyl (C=O) groups excluding carboxylic acids is 2. The van der Waals surface area contributed by atoms with Crippen molar-refractivity contribution >= 4 is 35.0 Å². The first kappa shape index (κ1) is 27.0. The molecule has 0 radical (unpaired) electrons. The van der Waals surface area contributed by atoms with Gasteiger partial charge in [0.05, 0.1) is 24.3 Å². The number of hydrogen-bond donors (Lipinski definition) is 1. The SMILES string of the molecule is COc1cc(OC)cc(OCC(=O)N(Cc2ccc(Cl)c(Cl)c2)C(C)C(=O)NC2CCCCC2)c1. The molecule has 0 bridgehead atoms. The van der Waals surface area contributed by atoms with Crippen molar-refractivity contribution in [3.05, 3.63) is 52.0 Å². The molecular weight excluding hydrogens is 491 g/mol. The Hall–Kier alpha value is -2.64. The molecule has 1 atom stereocenters. The molecule has 190 valence electrons. The van der Waals surface area contributed by atoms with Crippen LogP contribution < -0.4 is 19.5 Å². The smallest absolute Gasteiger partial charge is 0.261 e. The average Bonchev–Trinajstić information content (AvgIpc) is 2.87. The minimum atomic E-state index is -0.706. The molecule has 35 heavy (non-hydrogen) atoms. The van der Waals surface area contributed by atoms with Crippen LogP contribution in [0.4, 0.5) is 0 Å². The molecule has 0 heterocycles. The second-order valence-corrected chi connectivity index (χ2v) is 9.44. The molecule has 2 amide bonds.